The number of carbonyl (C=O) groups is 1. The molecule has 190 valence electrons. The number of aliphatic hydroxyl groups is 1. The number of nitrogens with one attached hydrogen (secondary N) is 1. The zero-order valence-corrected chi connectivity index (χ0v) is 21.2. The van der Waals surface area contributed by atoms with Gasteiger partial charge in [0, 0.05) is 22.7 Å². The summed E-state index contributed by atoms with van der Waals surface area (Å²) in [6.45, 7) is 4.12. The van der Waals surface area contributed by atoms with Gasteiger partial charge in [0.25, 0.3) is 0 Å². The van der Waals surface area contributed by atoms with E-state index in [1.165, 1.54) is 0 Å². The lowest BCUT2D eigenvalue weighted by Gasteiger charge is -2.15. The van der Waals surface area contributed by atoms with Crippen LogP contribution in [0.25, 0.3) is 34.2 Å². The zero-order valence-electron chi connectivity index (χ0n) is 21.2. The van der Waals surface area contributed by atoms with E-state index in [1.54, 1.807) is 18.2 Å². The van der Waals surface area contributed by atoms with Crippen molar-refractivity contribution in [3.8, 4) is 39.9 Å². The first-order valence-corrected chi connectivity index (χ1v) is 12.7. The second kappa shape index (κ2) is 12.2. The molecular formula is C30H32N4O3. The molecule has 0 bridgehead atoms. The molecule has 0 saturated carbocycles. The molecule has 0 fully saturated rings. The molecular weight excluding hydrogens is 464 g/mol. The van der Waals surface area contributed by atoms with Crippen LogP contribution in [0.2, 0.25) is 0 Å². The fourth-order valence-electron chi connectivity index (χ4n) is 4.09. The van der Waals surface area contributed by atoms with Crippen molar-refractivity contribution in [2.45, 2.75) is 46.1 Å². The van der Waals surface area contributed by atoms with E-state index < -0.39 is 0 Å². The van der Waals surface area contributed by atoms with Crippen LogP contribution in [-0.4, -0.2) is 31.1 Å². The van der Waals surface area contributed by atoms with E-state index in [1.807, 2.05) is 61.5 Å². The lowest BCUT2D eigenvalue weighted by atomic mass is 9.98. The number of phenols is 1. The summed E-state index contributed by atoms with van der Waals surface area (Å²) in [5.41, 5.74) is 3.53. The maximum absolute atomic E-state index is 12.7. The summed E-state index contributed by atoms with van der Waals surface area (Å²) >= 11 is 0. The molecule has 0 aliphatic carbocycles. The highest BCUT2D eigenvalue weighted by Gasteiger charge is 2.17. The Bertz CT molecular complexity index is 1340. The average Bonchev–Trinajstić information content (AvgIpc) is 2.94. The van der Waals surface area contributed by atoms with Gasteiger partial charge in [-0.3, -0.25) is 4.79 Å². The summed E-state index contributed by atoms with van der Waals surface area (Å²) in [6.07, 6.45) is 3.81. The largest absolute Gasteiger partial charge is 0.507 e. The number of hydrogen-bond acceptors (Lipinski definition) is 6. The van der Waals surface area contributed by atoms with E-state index in [-0.39, 0.29) is 24.2 Å². The van der Waals surface area contributed by atoms with Gasteiger partial charge in [-0.05, 0) is 54.8 Å². The number of unbranched alkanes of at least 4 members (excludes halogenated alkanes) is 1. The molecule has 4 aromatic rings. The van der Waals surface area contributed by atoms with Gasteiger partial charge in [-0.15, -0.1) is 0 Å². The molecule has 4 rings (SSSR count). The first-order valence-electron chi connectivity index (χ1n) is 12.7. The lowest BCUT2D eigenvalue weighted by Crippen LogP contribution is -2.22. The van der Waals surface area contributed by atoms with Crippen LogP contribution in [0.15, 0.2) is 72.8 Å². The number of phenolic OH excluding ortho intramolecular Hbond substituents is 1. The van der Waals surface area contributed by atoms with Gasteiger partial charge in [-0.2, -0.15) is 0 Å². The number of amides is 1. The second-order valence-electron chi connectivity index (χ2n) is 8.99. The van der Waals surface area contributed by atoms with Crippen LogP contribution in [0, 0.1) is 5.92 Å². The number of nitrogens with zero attached hydrogens (tertiary/aromatic N) is 3. The number of aliphatic hydroxyl groups excluding tert-OH is 1. The van der Waals surface area contributed by atoms with E-state index in [9.17, 15) is 15.0 Å². The topological polar surface area (TPSA) is 108 Å². The maximum Gasteiger partial charge on any atom is 0.227 e. The Hall–Kier alpha value is -4.10. The third-order valence-electron chi connectivity index (χ3n) is 6.36. The first kappa shape index (κ1) is 26.0. The van der Waals surface area contributed by atoms with Gasteiger partial charge in [0.2, 0.25) is 5.91 Å². The highest BCUT2D eigenvalue weighted by molar-refractivity contribution is 5.92. The molecule has 0 spiro atoms. The fourth-order valence-corrected chi connectivity index (χ4v) is 4.09. The molecule has 0 radical (unpaired) electrons. The molecule has 0 aliphatic rings. The highest BCUT2D eigenvalue weighted by Crippen LogP contribution is 2.30. The molecule has 7 heteroatoms. The Kier molecular flexibility index (Phi) is 8.59. The molecule has 1 atom stereocenters. The summed E-state index contributed by atoms with van der Waals surface area (Å²) in [4.78, 5) is 26.7. The molecule has 1 aromatic heterocycles. The van der Waals surface area contributed by atoms with Gasteiger partial charge in [0.15, 0.2) is 17.5 Å². The minimum atomic E-state index is -0.0492. The number of benzene rings is 3. The molecule has 7 nitrogen and oxygen atoms in total. The monoisotopic (exact) mass is 496 g/mol. The number of rotatable bonds is 10. The first-order chi connectivity index (χ1) is 18.0. The molecule has 3 N–H and O–H groups in total. The third-order valence-corrected chi connectivity index (χ3v) is 6.36. The Morgan fingerprint density at radius 1 is 0.838 bits per heavy atom. The number of carbonyl (C=O) groups excluding carboxylic acids is 1. The van der Waals surface area contributed by atoms with Gasteiger partial charge in [0.05, 0.1) is 12.2 Å². The Labute approximate surface area is 217 Å². The van der Waals surface area contributed by atoms with Crippen LogP contribution in [0.5, 0.6) is 5.75 Å². The molecule has 0 aliphatic heterocycles. The van der Waals surface area contributed by atoms with E-state index >= 15 is 0 Å². The highest BCUT2D eigenvalue weighted by atomic mass is 16.3. The van der Waals surface area contributed by atoms with Crippen molar-refractivity contribution in [3.63, 3.8) is 0 Å². The van der Waals surface area contributed by atoms with Crippen LogP contribution in [0.4, 0.5) is 5.69 Å². The fraction of sp³-hybridized carbons (Fsp3) is 0.267. The van der Waals surface area contributed by atoms with Crippen molar-refractivity contribution in [2.75, 3.05) is 5.32 Å². The Balaban J connectivity index is 1.67. The van der Waals surface area contributed by atoms with Crippen molar-refractivity contribution in [2.24, 2.45) is 5.92 Å². The summed E-state index contributed by atoms with van der Waals surface area (Å²) in [5.74, 6) is 1.37. The van der Waals surface area contributed by atoms with Crippen molar-refractivity contribution >= 4 is 11.6 Å². The number of aromatic nitrogens is 3. The summed E-state index contributed by atoms with van der Waals surface area (Å²) in [5, 5.41) is 22.8. The second-order valence-corrected chi connectivity index (χ2v) is 8.99. The van der Waals surface area contributed by atoms with Crippen LogP contribution in [-0.2, 0) is 11.4 Å². The number of hydrogen-bond donors (Lipinski definition) is 3. The van der Waals surface area contributed by atoms with E-state index in [0.29, 0.717) is 23.0 Å². The Morgan fingerprint density at radius 3 is 2.00 bits per heavy atom. The van der Waals surface area contributed by atoms with Gasteiger partial charge in [-0.1, -0.05) is 63.1 Å². The smallest absolute Gasteiger partial charge is 0.227 e. The summed E-state index contributed by atoms with van der Waals surface area (Å²) in [7, 11) is 0. The molecule has 1 unspecified atom stereocenters. The van der Waals surface area contributed by atoms with Crippen LogP contribution in [0.3, 0.4) is 0 Å². The van der Waals surface area contributed by atoms with Gasteiger partial charge in [0.1, 0.15) is 5.75 Å². The van der Waals surface area contributed by atoms with Crippen molar-refractivity contribution in [1.29, 1.82) is 0 Å². The SMILES string of the molecule is CCCCC(CC)C(=O)Nc1ccc(-c2nc(-c3ccc(CO)cc3)nc(-c3ccccc3O)n2)cc1. The van der Waals surface area contributed by atoms with E-state index in [2.05, 4.69) is 22.2 Å². The molecule has 3 aromatic carbocycles. The summed E-state index contributed by atoms with van der Waals surface area (Å²) < 4.78 is 0. The summed E-state index contributed by atoms with van der Waals surface area (Å²) in [6, 6.07) is 21.7. The molecule has 0 saturated heterocycles. The zero-order chi connectivity index (χ0) is 26.2. The van der Waals surface area contributed by atoms with Gasteiger partial charge in [-0.25, -0.2) is 15.0 Å². The lowest BCUT2D eigenvalue weighted by molar-refractivity contribution is -0.120. The van der Waals surface area contributed by atoms with Crippen molar-refractivity contribution < 1.29 is 15.0 Å². The number of aromatic hydroxyl groups is 1. The molecule has 37 heavy (non-hydrogen) atoms. The predicted molar refractivity (Wildman–Crippen MR) is 146 cm³/mol. The van der Waals surface area contributed by atoms with Crippen molar-refractivity contribution in [1.82, 2.24) is 15.0 Å². The molecule has 1 amide bonds. The quantitative estimate of drug-likeness (QED) is 0.240. The molecule has 1 heterocycles. The predicted octanol–water partition coefficient (Wildman–Crippen LogP) is 6.23. The van der Waals surface area contributed by atoms with Gasteiger partial charge < -0.3 is 15.5 Å². The van der Waals surface area contributed by atoms with Crippen molar-refractivity contribution in [3.05, 3.63) is 78.4 Å². The minimum absolute atomic E-state index is 0.00375. The standard InChI is InChI=1S/C30H32N4O3/c1-3-5-8-21(4-2)30(37)31-24-17-15-23(16-18-24)28-32-27(22-13-11-20(19-35)12-14-22)33-29(34-28)25-9-6-7-10-26(25)36/h6-7,9-18,21,35-36H,3-5,8,19H2,1-2H3,(H,31,37). The minimum Gasteiger partial charge on any atom is -0.507 e. The number of para-hydroxylation sites is 1. The Morgan fingerprint density at radius 2 is 1.43 bits per heavy atom. The van der Waals surface area contributed by atoms with E-state index in [4.69, 9.17) is 4.98 Å². The van der Waals surface area contributed by atoms with Gasteiger partial charge >= 0.3 is 0 Å². The average molecular weight is 497 g/mol. The van der Waals surface area contributed by atoms with E-state index in [0.717, 1.165) is 48.1 Å². The number of anilines is 1. The van der Waals surface area contributed by atoms with Crippen LogP contribution < -0.4 is 5.32 Å². The van der Waals surface area contributed by atoms with Crippen LogP contribution >= 0.6 is 0 Å². The normalized spacial score (nSPS) is 11.8. The third kappa shape index (κ3) is 6.37. The van der Waals surface area contributed by atoms with Crippen LogP contribution in [0.1, 0.15) is 45.1 Å². The maximum atomic E-state index is 12.7.